The van der Waals surface area contributed by atoms with E-state index in [9.17, 15) is 0 Å². The van der Waals surface area contributed by atoms with Gasteiger partial charge in [-0.1, -0.05) is 0 Å². The Morgan fingerprint density at radius 1 is 1.12 bits per heavy atom. The van der Waals surface area contributed by atoms with E-state index in [4.69, 9.17) is 5.73 Å². The Morgan fingerprint density at radius 3 is 2.92 bits per heavy atom. The molecule has 7 heteroatoms. The number of rotatable bonds is 2. The molecule has 0 amide bonds. The second-order valence-corrected chi connectivity index (χ2v) is 6.11. The summed E-state index contributed by atoms with van der Waals surface area (Å²) in [7, 11) is 0. The monoisotopic (exact) mass is 321 g/mol. The van der Waals surface area contributed by atoms with E-state index >= 15 is 0 Å². The SMILES string of the molecule is Cc1nccc(C2CCCN(c3ccc4ncnc(N)c4n3)C2)n1. The zero-order valence-electron chi connectivity index (χ0n) is 13.6. The van der Waals surface area contributed by atoms with Crippen LogP contribution in [0.4, 0.5) is 11.6 Å². The third-order valence-corrected chi connectivity index (χ3v) is 4.46. The summed E-state index contributed by atoms with van der Waals surface area (Å²) in [5.41, 5.74) is 8.48. The standard InChI is InChI=1S/C17H19N7/c1-11-19-7-6-13(22-11)12-3-2-8-24(9-12)15-5-4-14-16(23-15)17(18)21-10-20-14/h4-7,10,12H,2-3,8-9H2,1H3,(H2,18,20,21). The first-order valence-electron chi connectivity index (χ1n) is 8.12. The number of hydrogen-bond donors (Lipinski definition) is 1. The molecule has 2 N–H and O–H groups in total. The third-order valence-electron chi connectivity index (χ3n) is 4.46. The number of nitrogens with zero attached hydrogens (tertiary/aromatic N) is 6. The van der Waals surface area contributed by atoms with Gasteiger partial charge in [0.2, 0.25) is 0 Å². The van der Waals surface area contributed by atoms with Crippen molar-refractivity contribution in [1.29, 1.82) is 0 Å². The van der Waals surface area contributed by atoms with Crippen molar-refractivity contribution in [1.82, 2.24) is 24.9 Å². The highest BCUT2D eigenvalue weighted by atomic mass is 15.2. The van der Waals surface area contributed by atoms with Crippen molar-refractivity contribution in [2.75, 3.05) is 23.7 Å². The Balaban J connectivity index is 1.63. The van der Waals surface area contributed by atoms with Crippen molar-refractivity contribution >= 4 is 22.7 Å². The molecule has 1 unspecified atom stereocenters. The Bertz CT molecular complexity index is 880. The van der Waals surface area contributed by atoms with E-state index in [1.54, 1.807) is 0 Å². The largest absolute Gasteiger partial charge is 0.382 e. The van der Waals surface area contributed by atoms with E-state index in [1.165, 1.54) is 6.33 Å². The first-order valence-corrected chi connectivity index (χ1v) is 8.12. The zero-order chi connectivity index (χ0) is 16.5. The quantitative estimate of drug-likeness (QED) is 0.772. The summed E-state index contributed by atoms with van der Waals surface area (Å²) in [6, 6.07) is 5.97. The minimum absolute atomic E-state index is 0.391. The predicted octanol–water partition coefficient (Wildman–Crippen LogP) is 2.09. The van der Waals surface area contributed by atoms with Gasteiger partial charge in [0.15, 0.2) is 5.82 Å². The number of anilines is 2. The summed E-state index contributed by atoms with van der Waals surface area (Å²) in [4.78, 5) is 24.0. The van der Waals surface area contributed by atoms with E-state index in [0.717, 1.165) is 48.8 Å². The number of hydrogen-bond acceptors (Lipinski definition) is 7. The maximum Gasteiger partial charge on any atom is 0.153 e. The highest BCUT2D eigenvalue weighted by Gasteiger charge is 2.23. The number of aromatic nitrogens is 5. The van der Waals surface area contributed by atoms with Crippen LogP contribution in [0.5, 0.6) is 0 Å². The fraction of sp³-hybridized carbons (Fsp3) is 0.353. The van der Waals surface area contributed by atoms with Crippen LogP contribution in [0.1, 0.15) is 30.3 Å². The topological polar surface area (TPSA) is 93.7 Å². The molecule has 0 radical (unpaired) electrons. The van der Waals surface area contributed by atoms with E-state index in [0.29, 0.717) is 17.3 Å². The number of nitrogens with two attached hydrogens (primary N) is 1. The lowest BCUT2D eigenvalue weighted by Crippen LogP contribution is -2.35. The molecular formula is C17H19N7. The number of pyridine rings is 1. The Hall–Kier alpha value is -2.83. The number of nitrogen functional groups attached to an aromatic ring is 1. The fourth-order valence-corrected chi connectivity index (χ4v) is 3.25. The van der Waals surface area contributed by atoms with Crippen LogP contribution in [0.2, 0.25) is 0 Å². The molecule has 3 aromatic rings. The van der Waals surface area contributed by atoms with Crippen molar-refractivity contribution in [3.05, 3.63) is 42.2 Å². The van der Waals surface area contributed by atoms with E-state index in [1.807, 2.05) is 31.3 Å². The molecule has 1 fully saturated rings. The van der Waals surface area contributed by atoms with Gasteiger partial charge in [0.05, 0.1) is 5.52 Å². The molecule has 0 aliphatic carbocycles. The molecule has 1 aliphatic rings. The summed E-state index contributed by atoms with van der Waals surface area (Å²) >= 11 is 0. The van der Waals surface area contributed by atoms with Crippen LogP contribution in [0, 0.1) is 6.92 Å². The van der Waals surface area contributed by atoms with Gasteiger partial charge < -0.3 is 10.6 Å². The van der Waals surface area contributed by atoms with Crippen LogP contribution in [0.3, 0.4) is 0 Å². The molecular weight excluding hydrogens is 302 g/mol. The van der Waals surface area contributed by atoms with Crippen molar-refractivity contribution < 1.29 is 0 Å². The summed E-state index contributed by atoms with van der Waals surface area (Å²) in [5, 5.41) is 0. The molecule has 4 heterocycles. The van der Waals surface area contributed by atoms with E-state index in [2.05, 4.69) is 29.8 Å². The molecule has 3 aromatic heterocycles. The summed E-state index contributed by atoms with van der Waals surface area (Å²) < 4.78 is 0. The highest BCUT2D eigenvalue weighted by Crippen LogP contribution is 2.29. The van der Waals surface area contributed by atoms with Gasteiger partial charge in [0.25, 0.3) is 0 Å². The first kappa shape index (κ1) is 14.7. The van der Waals surface area contributed by atoms with Gasteiger partial charge in [-0.2, -0.15) is 0 Å². The molecule has 1 atom stereocenters. The predicted molar refractivity (Wildman–Crippen MR) is 92.7 cm³/mol. The summed E-state index contributed by atoms with van der Waals surface area (Å²) in [6.45, 7) is 3.80. The number of fused-ring (bicyclic) bond motifs is 1. The molecule has 1 saturated heterocycles. The van der Waals surface area contributed by atoms with Crippen LogP contribution in [-0.4, -0.2) is 38.0 Å². The summed E-state index contributed by atoms with van der Waals surface area (Å²) in [6.07, 6.45) is 5.54. The number of piperidine rings is 1. The second kappa shape index (κ2) is 5.99. The third kappa shape index (κ3) is 2.73. The van der Waals surface area contributed by atoms with Crippen LogP contribution in [0.25, 0.3) is 11.0 Å². The molecule has 1 aliphatic heterocycles. The van der Waals surface area contributed by atoms with Crippen molar-refractivity contribution in [3.63, 3.8) is 0 Å². The lowest BCUT2D eigenvalue weighted by molar-refractivity contribution is 0.497. The molecule has 4 rings (SSSR count). The zero-order valence-corrected chi connectivity index (χ0v) is 13.6. The molecule has 0 saturated carbocycles. The lowest BCUT2D eigenvalue weighted by atomic mass is 9.94. The Labute approximate surface area is 140 Å². The van der Waals surface area contributed by atoms with Crippen molar-refractivity contribution in [2.45, 2.75) is 25.7 Å². The molecule has 24 heavy (non-hydrogen) atoms. The van der Waals surface area contributed by atoms with Crippen LogP contribution in [0.15, 0.2) is 30.7 Å². The summed E-state index contributed by atoms with van der Waals surface area (Å²) in [5.74, 6) is 2.54. The average Bonchev–Trinajstić information content (AvgIpc) is 2.62. The Kier molecular flexibility index (Phi) is 3.68. The number of aryl methyl sites for hydroxylation is 1. The lowest BCUT2D eigenvalue weighted by Gasteiger charge is -2.33. The average molecular weight is 321 g/mol. The Morgan fingerprint density at radius 2 is 2.04 bits per heavy atom. The highest BCUT2D eigenvalue weighted by molar-refractivity contribution is 5.84. The molecule has 7 nitrogen and oxygen atoms in total. The molecule has 122 valence electrons. The van der Waals surface area contributed by atoms with Gasteiger partial charge >= 0.3 is 0 Å². The van der Waals surface area contributed by atoms with Gasteiger partial charge in [-0.15, -0.1) is 0 Å². The fourth-order valence-electron chi connectivity index (χ4n) is 3.25. The van der Waals surface area contributed by atoms with Crippen molar-refractivity contribution in [2.24, 2.45) is 0 Å². The maximum atomic E-state index is 5.94. The minimum atomic E-state index is 0.391. The molecule has 0 aromatic carbocycles. The smallest absolute Gasteiger partial charge is 0.153 e. The van der Waals surface area contributed by atoms with Gasteiger partial charge in [0, 0.05) is 30.9 Å². The molecule has 0 bridgehead atoms. The van der Waals surface area contributed by atoms with E-state index < -0.39 is 0 Å². The van der Waals surface area contributed by atoms with Gasteiger partial charge in [-0.3, -0.25) is 0 Å². The normalized spacial score (nSPS) is 18.0. The maximum absolute atomic E-state index is 5.94. The van der Waals surface area contributed by atoms with E-state index in [-0.39, 0.29) is 0 Å². The van der Waals surface area contributed by atoms with Crippen LogP contribution in [-0.2, 0) is 0 Å². The molecule has 0 spiro atoms. The first-order chi connectivity index (χ1) is 11.7. The van der Waals surface area contributed by atoms with Crippen LogP contribution >= 0.6 is 0 Å². The second-order valence-electron chi connectivity index (χ2n) is 6.11. The van der Waals surface area contributed by atoms with Crippen LogP contribution < -0.4 is 10.6 Å². The van der Waals surface area contributed by atoms with Gasteiger partial charge in [-0.25, -0.2) is 24.9 Å². The minimum Gasteiger partial charge on any atom is -0.382 e. The van der Waals surface area contributed by atoms with Gasteiger partial charge in [-0.05, 0) is 38.0 Å². The van der Waals surface area contributed by atoms with Crippen molar-refractivity contribution in [3.8, 4) is 0 Å². The van der Waals surface area contributed by atoms with Gasteiger partial charge in [0.1, 0.15) is 23.5 Å².